The van der Waals surface area contributed by atoms with Crippen molar-refractivity contribution in [2.75, 3.05) is 16.4 Å². The van der Waals surface area contributed by atoms with Crippen LogP contribution in [0.15, 0.2) is 77.7 Å². The van der Waals surface area contributed by atoms with Gasteiger partial charge in [-0.3, -0.25) is 14.4 Å². The molecule has 0 unspecified atom stereocenters. The van der Waals surface area contributed by atoms with E-state index in [4.69, 9.17) is 5.73 Å². The number of benzene rings is 3. The molecular weight excluding hydrogens is 405 g/mol. The van der Waals surface area contributed by atoms with Crippen LogP contribution in [0.25, 0.3) is 0 Å². The number of anilines is 2. The number of carbonyl (C=O) groups excluding carboxylic acids is 3. The molecule has 3 rings (SSSR count). The maximum Gasteiger partial charge on any atom is 0.258 e. The van der Waals surface area contributed by atoms with E-state index in [0.29, 0.717) is 11.4 Å². The summed E-state index contributed by atoms with van der Waals surface area (Å²) in [5, 5.41) is 5.30. The molecular formula is C22H18FN3O3S. The maximum absolute atomic E-state index is 13.7. The van der Waals surface area contributed by atoms with Crippen LogP contribution in [0.5, 0.6) is 0 Å². The Labute approximate surface area is 176 Å². The Morgan fingerprint density at radius 2 is 1.47 bits per heavy atom. The molecule has 0 aromatic heterocycles. The number of hydrogen-bond donors (Lipinski definition) is 3. The molecule has 0 saturated heterocycles. The highest BCUT2D eigenvalue weighted by atomic mass is 32.2. The van der Waals surface area contributed by atoms with Gasteiger partial charge in [0.15, 0.2) is 0 Å². The summed E-state index contributed by atoms with van der Waals surface area (Å²) in [4.78, 5) is 36.5. The third-order valence-electron chi connectivity index (χ3n) is 4.07. The van der Waals surface area contributed by atoms with Crippen molar-refractivity contribution in [1.82, 2.24) is 0 Å². The fraction of sp³-hybridized carbons (Fsp3) is 0.0455. The Bertz CT molecular complexity index is 1090. The van der Waals surface area contributed by atoms with Crippen LogP contribution in [-0.4, -0.2) is 23.5 Å². The Balaban J connectivity index is 1.55. The fourth-order valence-corrected chi connectivity index (χ4v) is 3.32. The molecule has 0 fully saturated rings. The Kier molecular flexibility index (Phi) is 6.82. The third-order valence-corrected chi connectivity index (χ3v) is 5.08. The smallest absolute Gasteiger partial charge is 0.258 e. The summed E-state index contributed by atoms with van der Waals surface area (Å²) < 4.78 is 13.7. The minimum Gasteiger partial charge on any atom is -0.366 e. The molecule has 0 aliphatic heterocycles. The van der Waals surface area contributed by atoms with Gasteiger partial charge in [0.25, 0.3) is 11.8 Å². The number of halogens is 1. The minimum absolute atomic E-state index is 0.0381. The normalized spacial score (nSPS) is 10.3. The topological polar surface area (TPSA) is 101 Å². The van der Waals surface area contributed by atoms with E-state index >= 15 is 0 Å². The van der Waals surface area contributed by atoms with E-state index in [2.05, 4.69) is 10.6 Å². The van der Waals surface area contributed by atoms with Crippen LogP contribution in [0, 0.1) is 5.82 Å². The number of primary amides is 1. The van der Waals surface area contributed by atoms with E-state index in [1.165, 1.54) is 30.0 Å². The zero-order valence-corrected chi connectivity index (χ0v) is 16.5. The first-order valence-electron chi connectivity index (χ1n) is 8.91. The molecule has 0 atom stereocenters. The van der Waals surface area contributed by atoms with Gasteiger partial charge in [-0.15, -0.1) is 11.8 Å². The largest absolute Gasteiger partial charge is 0.366 e. The number of nitrogens with one attached hydrogen (secondary N) is 2. The van der Waals surface area contributed by atoms with Gasteiger partial charge in [-0.25, -0.2) is 4.39 Å². The molecule has 152 valence electrons. The summed E-state index contributed by atoms with van der Waals surface area (Å²) in [6.45, 7) is 0. The lowest BCUT2D eigenvalue weighted by atomic mass is 10.1. The lowest BCUT2D eigenvalue weighted by Gasteiger charge is -2.09. The molecule has 3 aromatic rings. The number of hydrogen-bond acceptors (Lipinski definition) is 4. The summed E-state index contributed by atoms with van der Waals surface area (Å²) in [7, 11) is 0. The van der Waals surface area contributed by atoms with E-state index in [1.807, 2.05) is 0 Å². The highest BCUT2D eigenvalue weighted by Gasteiger charge is 2.12. The second-order valence-electron chi connectivity index (χ2n) is 6.21. The zero-order chi connectivity index (χ0) is 21.5. The van der Waals surface area contributed by atoms with E-state index in [1.54, 1.807) is 54.6 Å². The molecule has 0 aliphatic carbocycles. The molecule has 6 nitrogen and oxygen atoms in total. The number of para-hydroxylation sites is 1. The van der Waals surface area contributed by atoms with Gasteiger partial charge in [0.1, 0.15) is 5.82 Å². The molecule has 0 spiro atoms. The first-order valence-corrected chi connectivity index (χ1v) is 9.90. The van der Waals surface area contributed by atoms with Crippen molar-refractivity contribution in [3.8, 4) is 0 Å². The Hall–Kier alpha value is -3.65. The molecule has 4 N–H and O–H groups in total. The Morgan fingerprint density at radius 3 is 2.13 bits per heavy atom. The minimum atomic E-state index is -0.619. The second kappa shape index (κ2) is 9.71. The SMILES string of the molecule is NC(=O)c1ccccc1NC(=O)CSc1ccc(NC(=O)c2ccccc2F)cc1. The van der Waals surface area contributed by atoms with Crippen LogP contribution < -0.4 is 16.4 Å². The van der Waals surface area contributed by atoms with Gasteiger partial charge in [-0.1, -0.05) is 24.3 Å². The second-order valence-corrected chi connectivity index (χ2v) is 7.25. The van der Waals surface area contributed by atoms with Crippen molar-refractivity contribution in [3.05, 3.63) is 89.7 Å². The van der Waals surface area contributed by atoms with Crippen LogP contribution in [-0.2, 0) is 4.79 Å². The number of carbonyl (C=O) groups is 3. The molecule has 8 heteroatoms. The monoisotopic (exact) mass is 423 g/mol. The fourth-order valence-electron chi connectivity index (χ4n) is 2.62. The van der Waals surface area contributed by atoms with Gasteiger partial charge in [-0.05, 0) is 48.5 Å². The van der Waals surface area contributed by atoms with Crippen molar-refractivity contribution in [3.63, 3.8) is 0 Å². The van der Waals surface area contributed by atoms with E-state index in [9.17, 15) is 18.8 Å². The predicted molar refractivity (Wildman–Crippen MR) is 115 cm³/mol. The number of nitrogens with two attached hydrogens (primary N) is 1. The highest BCUT2D eigenvalue weighted by Crippen LogP contribution is 2.22. The van der Waals surface area contributed by atoms with Crippen molar-refractivity contribution in [2.45, 2.75) is 4.90 Å². The molecule has 30 heavy (non-hydrogen) atoms. The van der Waals surface area contributed by atoms with Gasteiger partial charge in [0, 0.05) is 10.6 Å². The Morgan fingerprint density at radius 1 is 0.833 bits per heavy atom. The quantitative estimate of drug-likeness (QED) is 0.502. The molecule has 0 saturated carbocycles. The van der Waals surface area contributed by atoms with Crippen molar-refractivity contribution < 1.29 is 18.8 Å². The van der Waals surface area contributed by atoms with Gasteiger partial charge in [0.2, 0.25) is 5.91 Å². The zero-order valence-electron chi connectivity index (χ0n) is 15.7. The van der Waals surface area contributed by atoms with Crippen molar-refractivity contribution in [1.29, 1.82) is 0 Å². The van der Waals surface area contributed by atoms with E-state index in [0.717, 1.165) is 4.90 Å². The number of rotatable bonds is 7. The number of thioether (sulfide) groups is 1. The van der Waals surface area contributed by atoms with Crippen molar-refractivity contribution >= 4 is 40.9 Å². The van der Waals surface area contributed by atoms with E-state index in [-0.39, 0.29) is 22.8 Å². The summed E-state index contributed by atoms with van der Waals surface area (Å²) >= 11 is 1.29. The van der Waals surface area contributed by atoms with Gasteiger partial charge < -0.3 is 16.4 Å². The van der Waals surface area contributed by atoms with Crippen molar-refractivity contribution in [2.24, 2.45) is 5.73 Å². The maximum atomic E-state index is 13.7. The molecule has 0 aliphatic rings. The van der Waals surface area contributed by atoms with Gasteiger partial charge in [0.05, 0.1) is 22.6 Å². The summed E-state index contributed by atoms with van der Waals surface area (Å²) in [5.74, 6) is -1.92. The van der Waals surface area contributed by atoms with Crippen LogP contribution in [0.4, 0.5) is 15.8 Å². The molecule has 3 aromatic carbocycles. The van der Waals surface area contributed by atoms with Crippen LogP contribution in [0.2, 0.25) is 0 Å². The third kappa shape index (κ3) is 5.45. The summed E-state index contributed by atoms with van der Waals surface area (Å²) in [6.07, 6.45) is 0. The van der Waals surface area contributed by atoms with Gasteiger partial charge in [-0.2, -0.15) is 0 Å². The molecule has 3 amide bonds. The average molecular weight is 423 g/mol. The van der Waals surface area contributed by atoms with E-state index < -0.39 is 17.6 Å². The first kappa shape index (κ1) is 21.1. The van der Waals surface area contributed by atoms with Crippen LogP contribution in [0.3, 0.4) is 0 Å². The average Bonchev–Trinajstić information content (AvgIpc) is 2.74. The highest BCUT2D eigenvalue weighted by molar-refractivity contribution is 8.00. The first-order chi connectivity index (χ1) is 14.4. The van der Waals surface area contributed by atoms with Crippen LogP contribution >= 0.6 is 11.8 Å². The van der Waals surface area contributed by atoms with Gasteiger partial charge >= 0.3 is 0 Å². The predicted octanol–water partition coefficient (Wildman–Crippen LogP) is 3.91. The lowest BCUT2D eigenvalue weighted by Crippen LogP contribution is -2.19. The molecule has 0 heterocycles. The number of amides is 3. The summed E-state index contributed by atoms with van der Waals surface area (Å²) in [6, 6.07) is 19.1. The molecule has 0 bridgehead atoms. The molecule has 0 radical (unpaired) electrons. The lowest BCUT2D eigenvalue weighted by molar-refractivity contribution is -0.113. The van der Waals surface area contributed by atoms with Crippen LogP contribution in [0.1, 0.15) is 20.7 Å². The standard InChI is InChI=1S/C22H18FN3O3S/c23-18-7-3-1-5-16(18)22(29)25-14-9-11-15(12-10-14)30-13-20(27)26-19-8-4-2-6-17(19)21(24)28/h1-12H,13H2,(H2,24,28)(H,25,29)(H,26,27). The summed E-state index contributed by atoms with van der Waals surface area (Å²) in [5.41, 5.74) is 6.38.